The Morgan fingerprint density at radius 3 is 2.78 bits per heavy atom. The lowest BCUT2D eigenvalue weighted by molar-refractivity contribution is -0.129. The van der Waals surface area contributed by atoms with E-state index in [-0.39, 0.29) is 18.0 Å². The molecular formula is C18H25N3O2. The molecule has 23 heavy (non-hydrogen) atoms. The Labute approximate surface area is 137 Å². The maximum atomic E-state index is 12.5. The van der Waals surface area contributed by atoms with E-state index in [0.29, 0.717) is 26.1 Å². The molecule has 1 aromatic rings. The van der Waals surface area contributed by atoms with E-state index in [1.54, 1.807) is 4.90 Å². The van der Waals surface area contributed by atoms with Gasteiger partial charge < -0.3 is 15.1 Å². The SMILES string of the molecule is CCc1ccc2c(c1)CCN(C(=O)NC1CCN(CC)C1=O)C2. The minimum atomic E-state index is -0.355. The molecule has 1 fully saturated rings. The maximum absolute atomic E-state index is 12.5. The highest BCUT2D eigenvalue weighted by atomic mass is 16.2. The summed E-state index contributed by atoms with van der Waals surface area (Å²) < 4.78 is 0. The standard InChI is InChI=1S/C18H25N3O2/c1-3-13-5-6-15-12-21(9-7-14(15)11-13)18(23)19-16-8-10-20(4-2)17(16)22/h5-6,11,16H,3-4,7-10,12H2,1-2H3,(H,19,23). The van der Waals surface area contributed by atoms with E-state index in [9.17, 15) is 9.59 Å². The number of aryl methyl sites for hydroxylation is 1. The van der Waals surface area contributed by atoms with E-state index in [1.165, 1.54) is 16.7 Å². The fourth-order valence-corrected chi connectivity index (χ4v) is 3.43. The van der Waals surface area contributed by atoms with Crippen molar-refractivity contribution in [3.63, 3.8) is 0 Å². The summed E-state index contributed by atoms with van der Waals surface area (Å²) >= 11 is 0. The molecule has 1 N–H and O–H groups in total. The summed E-state index contributed by atoms with van der Waals surface area (Å²) in [6, 6.07) is 6.05. The van der Waals surface area contributed by atoms with Crippen molar-refractivity contribution in [3.05, 3.63) is 34.9 Å². The smallest absolute Gasteiger partial charge is 0.318 e. The number of rotatable bonds is 3. The van der Waals surface area contributed by atoms with Gasteiger partial charge in [0.15, 0.2) is 0 Å². The van der Waals surface area contributed by atoms with Crippen LogP contribution in [0.5, 0.6) is 0 Å². The highest BCUT2D eigenvalue weighted by Gasteiger charge is 2.33. The number of benzene rings is 1. The van der Waals surface area contributed by atoms with Crippen molar-refractivity contribution in [1.29, 1.82) is 0 Å². The zero-order valence-electron chi connectivity index (χ0n) is 14.0. The summed E-state index contributed by atoms with van der Waals surface area (Å²) in [5.74, 6) is 0.0471. The van der Waals surface area contributed by atoms with Crippen LogP contribution in [-0.4, -0.2) is 47.4 Å². The van der Waals surface area contributed by atoms with E-state index in [1.807, 2.05) is 11.8 Å². The number of nitrogens with one attached hydrogen (secondary N) is 1. The lowest BCUT2D eigenvalue weighted by Gasteiger charge is -2.30. The van der Waals surface area contributed by atoms with Gasteiger partial charge in [-0.3, -0.25) is 4.79 Å². The topological polar surface area (TPSA) is 52.7 Å². The third kappa shape index (κ3) is 3.19. The van der Waals surface area contributed by atoms with Gasteiger partial charge in [0.05, 0.1) is 0 Å². The van der Waals surface area contributed by atoms with Crippen molar-refractivity contribution < 1.29 is 9.59 Å². The average Bonchev–Trinajstić information content (AvgIpc) is 2.93. The number of carbonyl (C=O) groups excluding carboxylic acids is 2. The van der Waals surface area contributed by atoms with Gasteiger partial charge in [0.2, 0.25) is 5.91 Å². The van der Waals surface area contributed by atoms with Gasteiger partial charge in [-0.15, -0.1) is 0 Å². The van der Waals surface area contributed by atoms with Gasteiger partial charge in [0.1, 0.15) is 6.04 Å². The zero-order valence-corrected chi connectivity index (χ0v) is 14.0. The Hall–Kier alpha value is -2.04. The third-order valence-electron chi connectivity index (χ3n) is 4.96. The van der Waals surface area contributed by atoms with E-state index >= 15 is 0 Å². The number of amides is 3. The number of fused-ring (bicyclic) bond motifs is 1. The van der Waals surface area contributed by atoms with Crippen molar-refractivity contribution in [2.75, 3.05) is 19.6 Å². The molecule has 124 valence electrons. The van der Waals surface area contributed by atoms with Crippen LogP contribution in [0.2, 0.25) is 0 Å². The molecule has 3 amide bonds. The van der Waals surface area contributed by atoms with Crippen LogP contribution in [0.15, 0.2) is 18.2 Å². The summed E-state index contributed by atoms with van der Waals surface area (Å²) in [6.45, 7) is 6.91. The van der Waals surface area contributed by atoms with E-state index in [4.69, 9.17) is 0 Å². The van der Waals surface area contributed by atoms with E-state index < -0.39 is 0 Å². The molecule has 3 rings (SSSR count). The molecule has 5 heteroatoms. The molecule has 2 aliphatic heterocycles. The number of hydrogen-bond acceptors (Lipinski definition) is 2. The molecule has 1 unspecified atom stereocenters. The second kappa shape index (κ2) is 6.60. The molecule has 2 heterocycles. The summed E-state index contributed by atoms with van der Waals surface area (Å²) in [5, 5.41) is 2.91. The lowest BCUT2D eigenvalue weighted by atomic mass is 9.97. The molecule has 5 nitrogen and oxygen atoms in total. The Kier molecular flexibility index (Phi) is 4.55. The van der Waals surface area contributed by atoms with Crippen LogP contribution in [0.4, 0.5) is 4.79 Å². The van der Waals surface area contributed by atoms with Gasteiger partial charge in [0, 0.05) is 26.2 Å². The summed E-state index contributed by atoms with van der Waals surface area (Å²) in [6.07, 6.45) is 2.63. The van der Waals surface area contributed by atoms with Gasteiger partial charge in [-0.2, -0.15) is 0 Å². The van der Waals surface area contributed by atoms with Crippen LogP contribution in [-0.2, 0) is 24.2 Å². The number of urea groups is 1. The van der Waals surface area contributed by atoms with E-state index in [2.05, 4.69) is 30.4 Å². The predicted octanol–water partition coefficient (Wildman–Crippen LogP) is 1.94. The molecule has 0 aliphatic carbocycles. The first-order chi connectivity index (χ1) is 11.1. The molecule has 0 radical (unpaired) electrons. The Balaban J connectivity index is 1.62. The second-order valence-electron chi connectivity index (χ2n) is 6.34. The van der Waals surface area contributed by atoms with Crippen LogP contribution in [0.3, 0.4) is 0 Å². The van der Waals surface area contributed by atoms with Crippen LogP contribution in [0, 0.1) is 0 Å². The third-order valence-corrected chi connectivity index (χ3v) is 4.96. The van der Waals surface area contributed by atoms with Crippen LogP contribution >= 0.6 is 0 Å². The summed E-state index contributed by atoms with van der Waals surface area (Å²) in [4.78, 5) is 28.2. The highest BCUT2D eigenvalue weighted by molar-refractivity contribution is 5.88. The molecule has 1 saturated heterocycles. The molecular weight excluding hydrogens is 290 g/mol. The van der Waals surface area contributed by atoms with Crippen LogP contribution in [0.25, 0.3) is 0 Å². The maximum Gasteiger partial charge on any atom is 0.318 e. The van der Waals surface area contributed by atoms with Crippen molar-refractivity contribution in [2.45, 2.75) is 45.7 Å². The molecule has 1 aromatic carbocycles. The first kappa shape index (κ1) is 15.8. The van der Waals surface area contributed by atoms with Gasteiger partial charge in [-0.25, -0.2) is 4.79 Å². The molecule has 1 atom stereocenters. The van der Waals surface area contributed by atoms with Crippen molar-refractivity contribution in [3.8, 4) is 0 Å². The van der Waals surface area contributed by atoms with Crippen molar-refractivity contribution in [2.24, 2.45) is 0 Å². The minimum Gasteiger partial charge on any atom is -0.341 e. The Morgan fingerprint density at radius 2 is 2.09 bits per heavy atom. The molecule has 0 aromatic heterocycles. The van der Waals surface area contributed by atoms with Gasteiger partial charge in [-0.1, -0.05) is 25.1 Å². The Bertz CT molecular complexity index is 614. The highest BCUT2D eigenvalue weighted by Crippen LogP contribution is 2.21. The molecule has 0 spiro atoms. The normalized spacial score (nSPS) is 20.6. The Morgan fingerprint density at radius 1 is 1.26 bits per heavy atom. The average molecular weight is 315 g/mol. The largest absolute Gasteiger partial charge is 0.341 e. The summed E-state index contributed by atoms with van der Waals surface area (Å²) in [5.41, 5.74) is 3.91. The number of hydrogen-bond donors (Lipinski definition) is 1. The van der Waals surface area contributed by atoms with Gasteiger partial charge in [0.25, 0.3) is 0 Å². The summed E-state index contributed by atoms with van der Waals surface area (Å²) in [7, 11) is 0. The number of likely N-dealkylation sites (N-methyl/N-ethyl adjacent to an activating group) is 1. The quantitative estimate of drug-likeness (QED) is 0.927. The van der Waals surface area contributed by atoms with Gasteiger partial charge >= 0.3 is 6.03 Å². The molecule has 0 bridgehead atoms. The second-order valence-corrected chi connectivity index (χ2v) is 6.34. The molecule has 2 aliphatic rings. The van der Waals surface area contributed by atoms with Gasteiger partial charge in [-0.05, 0) is 42.9 Å². The number of carbonyl (C=O) groups is 2. The predicted molar refractivity (Wildman–Crippen MR) is 89.1 cm³/mol. The van der Waals surface area contributed by atoms with E-state index in [0.717, 1.165) is 19.4 Å². The van der Waals surface area contributed by atoms with Crippen LogP contribution < -0.4 is 5.32 Å². The first-order valence-electron chi connectivity index (χ1n) is 8.57. The molecule has 0 saturated carbocycles. The first-order valence-corrected chi connectivity index (χ1v) is 8.57. The number of likely N-dealkylation sites (tertiary alicyclic amines) is 1. The zero-order chi connectivity index (χ0) is 16.4. The van der Waals surface area contributed by atoms with Crippen molar-refractivity contribution in [1.82, 2.24) is 15.1 Å². The lowest BCUT2D eigenvalue weighted by Crippen LogP contribution is -2.49. The van der Waals surface area contributed by atoms with Crippen molar-refractivity contribution >= 4 is 11.9 Å². The fraction of sp³-hybridized carbons (Fsp3) is 0.556. The monoisotopic (exact) mass is 315 g/mol. The number of nitrogens with zero attached hydrogens (tertiary/aromatic N) is 2. The van der Waals surface area contributed by atoms with Crippen LogP contribution in [0.1, 0.15) is 37.0 Å². The fourth-order valence-electron chi connectivity index (χ4n) is 3.43. The minimum absolute atomic E-state index is 0.0471.